The lowest BCUT2D eigenvalue weighted by Crippen LogP contribution is -3.28. The molecule has 2 N–H and O–H groups in total. The van der Waals surface area contributed by atoms with Gasteiger partial charge in [0.2, 0.25) is 11.8 Å². The fourth-order valence-corrected chi connectivity index (χ4v) is 5.18. The second-order valence-electron chi connectivity index (χ2n) is 8.64. The third kappa shape index (κ3) is 3.25. The fraction of sp³-hybridized carbons (Fsp3) is 0.545. The predicted octanol–water partition coefficient (Wildman–Crippen LogP) is -1.19. The van der Waals surface area contributed by atoms with E-state index in [9.17, 15) is 9.59 Å². The van der Waals surface area contributed by atoms with E-state index < -0.39 is 0 Å². The molecule has 4 aliphatic rings. The molecule has 0 spiro atoms. The van der Waals surface area contributed by atoms with Crippen molar-refractivity contribution in [2.45, 2.75) is 25.8 Å². The van der Waals surface area contributed by atoms with Crippen molar-refractivity contribution in [2.75, 3.05) is 39.5 Å². The molecule has 0 saturated carbocycles. The normalized spacial score (nSPS) is 31.6. The molecule has 0 bridgehead atoms. The van der Waals surface area contributed by atoms with E-state index in [2.05, 4.69) is 30.4 Å². The number of fused-ring (bicyclic) bond motifs is 2. The minimum absolute atomic E-state index is 0.0574. The molecule has 0 radical (unpaired) electrons. The molecule has 0 aromatic heterocycles. The van der Waals surface area contributed by atoms with E-state index in [1.54, 1.807) is 9.80 Å². The molecule has 3 aliphatic heterocycles. The summed E-state index contributed by atoms with van der Waals surface area (Å²) in [7, 11) is 0. The quantitative estimate of drug-likeness (QED) is 0.508. The summed E-state index contributed by atoms with van der Waals surface area (Å²) in [5.41, 5.74) is 2.72. The number of ether oxygens (including phenoxy) is 1. The second-order valence-corrected chi connectivity index (χ2v) is 8.64. The van der Waals surface area contributed by atoms with Crippen LogP contribution in [0.2, 0.25) is 0 Å². The first kappa shape index (κ1) is 17.9. The molecule has 2 amide bonds. The number of carbonyl (C=O) groups is 2. The van der Waals surface area contributed by atoms with Gasteiger partial charge in [0, 0.05) is 12.0 Å². The van der Waals surface area contributed by atoms with E-state index >= 15 is 0 Å². The van der Waals surface area contributed by atoms with Crippen LogP contribution in [-0.2, 0) is 22.6 Å². The zero-order valence-electron chi connectivity index (χ0n) is 16.3. The van der Waals surface area contributed by atoms with Crippen LogP contribution >= 0.6 is 0 Å². The van der Waals surface area contributed by atoms with Gasteiger partial charge in [0.1, 0.15) is 38.5 Å². The van der Waals surface area contributed by atoms with Crippen LogP contribution in [0.3, 0.4) is 0 Å². The molecule has 148 valence electrons. The summed E-state index contributed by atoms with van der Waals surface area (Å²) in [5.74, 6) is 0.952. The van der Waals surface area contributed by atoms with Crippen LogP contribution in [-0.4, -0.2) is 56.2 Å². The Balaban J connectivity index is 1.14. The summed E-state index contributed by atoms with van der Waals surface area (Å²) in [4.78, 5) is 29.8. The van der Waals surface area contributed by atoms with Crippen molar-refractivity contribution in [3.05, 3.63) is 41.5 Å². The van der Waals surface area contributed by atoms with Crippen LogP contribution < -0.4 is 14.5 Å². The summed E-state index contributed by atoms with van der Waals surface area (Å²) in [5, 5.41) is 0. The van der Waals surface area contributed by atoms with Gasteiger partial charge in [0.15, 0.2) is 6.67 Å². The number of hydrogen-bond acceptors (Lipinski definition) is 3. The van der Waals surface area contributed by atoms with E-state index in [-0.39, 0.29) is 23.7 Å². The zero-order chi connectivity index (χ0) is 19.1. The van der Waals surface area contributed by atoms with Gasteiger partial charge in [0.25, 0.3) is 0 Å². The Bertz CT molecular complexity index is 787. The van der Waals surface area contributed by atoms with Crippen molar-refractivity contribution >= 4 is 11.8 Å². The highest BCUT2D eigenvalue weighted by molar-refractivity contribution is 6.05. The minimum Gasteiger partial charge on any atom is -0.493 e. The highest BCUT2D eigenvalue weighted by Crippen LogP contribution is 2.34. The molecular weight excluding hydrogens is 354 g/mol. The number of benzene rings is 1. The number of piperazine rings is 1. The molecule has 3 heterocycles. The van der Waals surface area contributed by atoms with Crippen molar-refractivity contribution < 1.29 is 24.1 Å². The topological polar surface area (TPSA) is 55.5 Å². The third-order valence-corrected chi connectivity index (χ3v) is 6.85. The lowest BCUT2D eigenvalue weighted by Gasteiger charge is -2.31. The Hall–Kier alpha value is -2.18. The Morgan fingerprint density at radius 3 is 2.36 bits per heavy atom. The first-order valence-electron chi connectivity index (χ1n) is 10.6. The van der Waals surface area contributed by atoms with Crippen LogP contribution in [0.15, 0.2) is 30.4 Å². The van der Waals surface area contributed by atoms with E-state index in [1.807, 2.05) is 0 Å². The largest absolute Gasteiger partial charge is 0.493 e. The van der Waals surface area contributed by atoms with Crippen LogP contribution in [0.25, 0.3) is 0 Å². The van der Waals surface area contributed by atoms with Gasteiger partial charge in [-0.1, -0.05) is 12.2 Å². The maximum Gasteiger partial charge on any atom is 0.237 e. The maximum absolute atomic E-state index is 12.7. The van der Waals surface area contributed by atoms with Gasteiger partial charge in [-0.3, -0.25) is 9.59 Å². The van der Waals surface area contributed by atoms with E-state index in [4.69, 9.17) is 4.74 Å². The molecule has 0 unspecified atom stereocenters. The van der Waals surface area contributed by atoms with Crippen molar-refractivity contribution in [1.29, 1.82) is 0 Å². The van der Waals surface area contributed by atoms with Crippen molar-refractivity contribution in [2.24, 2.45) is 11.8 Å². The monoisotopic (exact) mass is 383 g/mol. The standard InChI is InChI=1S/C22H27N3O3/c26-21-18-3-1-2-4-19(18)22(27)25(21)15-24-10-8-23(9-11-24)14-16-5-6-20-17(13-16)7-12-28-20/h1-2,5-6,13,18-19H,3-4,7-12,14-15H2/p+2/t18-,19-/m0/s1. The SMILES string of the molecule is O=C1[C@H]2CC=CC[C@@H]2C(=O)N1C[NH+]1CC[NH+](Cc2ccc3c(c2)CCO3)CC1. The van der Waals surface area contributed by atoms with Crippen molar-refractivity contribution in [3.63, 3.8) is 0 Å². The lowest BCUT2D eigenvalue weighted by molar-refractivity contribution is -1.02. The lowest BCUT2D eigenvalue weighted by atomic mass is 9.85. The molecular formula is C22H29N3O3+2. The molecule has 28 heavy (non-hydrogen) atoms. The van der Waals surface area contributed by atoms with Gasteiger partial charge in [0.05, 0.1) is 18.4 Å². The highest BCUT2D eigenvalue weighted by Gasteiger charge is 2.48. The van der Waals surface area contributed by atoms with Gasteiger partial charge >= 0.3 is 0 Å². The summed E-state index contributed by atoms with van der Waals surface area (Å²) in [6, 6.07) is 6.59. The number of quaternary nitrogens is 2. The number of allylic oxidation sites excluding steroid dienone is 2. The number of imide groups is 1. The Kier molecular flexibility index (Phi) is 4.69. The summed E-state index contributed by atoms with van der Waals surface area (Å²) >= 11 is 0. The molecule has 2 saturated heterocycles. The number of nitrogens with one attached hydrogen (secondary N) is 2. The Labute approximate surface area is 165 Å². The zero-order valence-corrected chi connectivity index (χ0v) is 16.3. The molecule has 6 nitrogen and oxygen atoms in total. The van der Waals surface area contributed by atoms with E-state index in [1.165, 1.54) is 16.0 Å². The smallest absolute Gasteiger partial charge is 0.237 e. The molecule has 1 aliphatic carbocycles. The summed E-state index contributed by atoms with van der Waals surface area (Å²) < 4.78 is 5.60. The van der Waals surface area contributed by atoms with Gasteiger partial charge in [-0.05, 0) is 36.6 Å². The van der Waals surface area contributed by atoms with Crippen molar-refractivity contribution in [1.82, 2.24) is 4.90 Å². The van der Waals surface area contributed by atoms with Crippen LogP contribution in [0.5, 0.6) is 5.75 Å². The number of rotatable bonds is 4. The summed E-state index contributed by atoms with van der Waals surface area (Å²) in [6.45, 7) is 6.56. The number of amides is 2. The number of carbonyl (C=O) groups excluding carboxylic acids is 2. The Morgan fingerprint density at radius 1 is 0.964 bits per heavy atom. The second kappa shape index (κ2) is 7.33. The predicted molar refractivity (Wildman–Crippen MR) is 103 cm³/mol. The number of likely N-dealkylation sites (tertiary alicyclic amines) is 1. The molecule has 6 heteroatoms. The van der Waals surface area contributed by atoms with Gasteiger partial charge in [-0.15, -0.1) is 0 Å². The Morgan fingerprint density at radius 2 is 1.64 bits per heavy atom. The maximum atomic E-state index is 12.7. The molecule has 1 aromatic carbocycles. The molecule has 1 aromatic rings. The van der Waals surface area contributed by atoms with Gasteiger partial charge in [-0.25, -0.2) is 4.90 Å². The fourth-order valence-electron chi connectivity index (χ4n) is 5.18. The van der Waals surface area contributed by atoms with Crippen LogP contribution in [0.4, 0.5) is 0 Å². The van der Waals surface area contributed by atoms with Crippen LogP contribution in [0, 0.1) is 11.8 Å². The molecule has 5 rings (SSSR count). The average Bonchev–Trinajstić information content (AvgIpc) is 3.28. The highest BCUT2D eigenvalue weighted by atomic mass is 16.5. The van der Waals surface area contributed by atoms with E-state index in [0.29, 0.717) is 6.67 Å². The van der Waals surface area contributed by atoms with Crippen LogP contribution in [0.1, 0.15) is 24.0 Å². The van der Waals surface area contributed by atoms with E-state index in [0.717, 1.165) is 64.3 Å². The average molecular weight is 383 g/mol. The minimum atomic E-state index is -0.104. The third-order valence-electron chi connectivity index (χ3n) is 6.85. The first-order chi connectivity index (χ1) is 13.7. The molecule has 2 atom stereocenters. The first-order valence-corrected chi connectivity index (χ1v) is 10.6. The number of hydrogen-bond donors (Lipinski definition) is 2. The van der Waals surface area contributed by atoms with Gasteiger partial charge in [-0.2, -0.15) is 0 Å². The molecule has 2 fully saturated rings. The van der Waals surface area contributed by atoms with Gasteiger partial charge < -0.3 is 14.5 Å². The number of nitrogens with zero attached hydrogens (tertiary/aromatic N) is 1. The summed E-state index contributed by atoms with van der Waals surface area (Å²) in [6.07, 6.45) is 6.58. The van der Waals surface area contributed by atoms with Crippen molar-refractivity contribution in [3.8, 4) is 5.75 Å².